The predicted octanol–water partition coefficient (Wildman–Crippen LogP) is 5.93. The topological polar surface area (TPSA) is 52.6 Å². The van der Waals surface area contributed by atoms with E-state index in [0.29, 0.717) is 16.3 Å². The van der Waals surface area contributed by atoms with Gasteiger partial charge in [0.05, 0.1) is 5.56 Å². The summed E-state index contributed by atoms with van der Waals surface area (Å²) >= 11 is 5.84. The smallest absolute Gasteiger partial charge is 0.347 e. The summed E-state index contributed by atoms with van der Waals surface area (Å²) in [6.45, 7) is 0. The third-order valence-electron chi connectivity index (χ3n) is 4.32. The first-order valence-electron chi connectivity index (χ1n) is 8.88. The Bertz CT molecular complexity index is 1200. The number of halogens is 1. The molecule has 29 heavy (non-hydrogen) atoms. The van der Waals surface area contributed by atoms with E-state index in [1.54, 1.807) is 60.7 Å². The van der Waals surface area contributed by atoms with E-state index in [9.17, 15) is 9.59 Å². The van der Waals surface area contributed by atoms with Gasteiger partial charge >= 0.3 is 11.9 Å². The zero-order valence-corrected chi connectivity index (χ0v) is 15.9. The van der Waals surface area contributed by atoms with Crippen molar-refractivity contribution in [3.05, 3.63) is 107 Å². The van der Waals surface area contributed by atoms with Crippen LogP contribution in [-0.2, 0) is 0 Å². The molecule has 0 aliphatic carbocycles. The lowest BCUT2D eigenvalue weighted by Crippen LogP contribution is -2.14. The Labute approximate surface area is 172 Å². The molecule has 0 saturated heterocycles. The van der Waals surface area contributed by atoms with E-state index < -0.39 is 11.9 Å². The van der Waals surface area contributed by atoms with Crippen LogP contribution >= 0.6 is 11.6 Å². The molecular formula is C24H15ClO4. The Morgan fingerprint density at radius 3 is 2.14 bits per heavy atom. The summed E-state index contributed by atoms with van der Waals surface area (Å²) in [4.78, 5) is 25.1. The lowest BCUT2D eigenvalue weighted by Gasteiger charge is -2.10. The van der Waals surface area contributed by atoms with E-state index >= 15 is 0 Å². The molecule has 0 N–H and O–H groups in total. The molecule has 0 aromatic heterocycles. The monoisotopic (exact) mass is 402 g/mol. The summed E-state index contributed by atoms with van der Waals surface area (Å²) in [5.41, 5.74) is 0.482. The molecule has 4 nitrogen and oxygen atoms in total. The minimum Gasteiger partial charge on any atom is -0.423 e. The molecule has 0 aliphatic rings. The van der Waals surface area contributed by atoms with Gasteiger partial charge in [-0.1, -0.05) is 54.1 Å². The maximum absolute atomic E-state index is 12.7. The lowest BCUT2D eigenvalue weighted by atomic mass is 10.1. The minimum absolute atomic E-state index is 0.123. The second kappa shape index (κ2) is 8.17. The molecule has 0 radical (unpaired) electrons. The van der Waals surface area contributed by atoms with Crippen molar-refractivity contribution in [3.63, 3.8) is 0 Å². The van der Waals surface area contributed by atoms with Gasteiger partial charge in [-0.2, -0.15) is 0 Å². The molecule has 4 aromatic carbocycles. The van der Waals surface area contributed by atoms with Gasteiger partial charge in [0.1, 0.15) is 17.1 Å². The first-order chi connectivity index (χ1) is 14.1. The van der Waals surface area contributed by atoms with Crippen molar-refractivity contribution in [2.75, 3.05) is 0 Å². The number of carbonyl (C=O) groups is 2. The molecule has 0 fully saturated rings. The highest BCUT2D eigenvalue weighted by Gasteiger charge is 2.18. The van der Waals surface area contributed by atoms with Gasteiger partial charge in [0, 0.05) is 5.02 Å². The van der Waals surface area contributed by atoms with Crippen molar-refractivity contribution in [3.8, 4) is 11.5 Å². The highest BCUT2D eigenvalue weighted by Crippen LogP contribution is 2.25. The van der Waals surface area contributed by atoms with Gasteiger partial charge in [0.25, 0.3) is 0 Å². The first-order valence-corrected chi connectivity index (χ1v) is 9.26. The van der Waals surface area contributed by atoms with Crippen LogP contribution in [0.4, 0.5) is 0 Å². The lowest BCUT2D eigenvalue weighted by molar-refractivity contribution is 0.0707. The van der Waals surface area contributed by atoms with Crippen molar-refractivity contribution in [1.82, 2.24) is 0 Å². The SMILES string of the molecule is O=C(Oc1ccccc1C(=O)Oc1ccc2ccccc2c1)c1ccc(Cl)cc1. The third-order valence-corrected chi connectivity index (χ3v) is 4.57. The summed E-state index contributed by atoms with van der Waals surface area (Å²) in [6, 6.07) is 25.9. The molecule has 0 amide bonds. The van der Waals surface area contributed by atoms with Crippen molar-refractivity contribution in [2.45, 2.75) is 0 Å². The van der Waals surface area contributed by atoms with Crippen molar-refractivity contribution in [1.29, 1.82) is 0 Å². The average molecular weight is 403 g/mol. The molecule has 0 bridgehead atoms. The van der Waals surface area contributed by atoms with Crippen LogP contribution in [0.2, 0.25) is 5.02 Å². The fraction of sp³-hybridized carbons (Fsp3) is 0. The van der Waals surface area contributed by atoms with Crippen LogP contribution in [0.25, 0.3) is 10.8 Å². The van der Waals surface area contributed by atoms with Crippen LogP contribution in [0.15, 0.2) is 91.0 Å². The molecule has 4 rings (SSSR count). The third kappa shape index (κ3) is 4.28. The Hall–Kier alpha value is -3.63. The fourth-order valence-electron chi connectivity index (χ4n) is 2.86. The van der Waals surface area contributed by atoms with Gasteiger partial charge in [-0.15, -0.1) is 0 Å². The summed E-state index contributed by atoms with van der Waals surface area (Å²) in [6.07, 6.45) is 0. The number of carbonyl (C=O) groups excluding carboxylic acids is 2. The zero-order valence-electron chi connectivity index (χ0n) is 15.2. The van der Waals surface area contributed by atoms with Crippen LogP contribution < -0.4 is 9.47 Å². The summed E-state index contributed by atoms with van der Waals surface area (Å²) in [5, 5.41) is 2.52. The normalized spacial score (nSPS) is 10.5. The van der Waals surface area contributed by atoms with Gasteiger partial charge in [-0.25, -0.2) is 9.59 Å². The Morgan fingerprint density at radius 1 is 0.655 bits per heavy atom. The number of ether oxygens (including phenoxy) is 2. The van der Waals surface area contributed by atoms with Gasteiger partial charge in [0.15, 0.2) is 0 Å². The van der Waals surface area contributed by atoms with Crippen LogP contribution in [0, 0.1) is 0 Å². The van der Waals surface area contributed by atoms with E-state index in [1.807, 2.05) is 30.3 Å². The van der Waals surface area contributed by atoms with Gasteiger partial charge in [-0.05, 0) is 59.3 Å². The van der Waals surface area contributed by atoms with Crippen LogP contribution in [0.1, 0.15) is 20.7 Å². The maximum Gasteiger partial charge on any atom is 0.347 e. The van der Waals surface area contributed by atoms with E-state index in [-0.39, 0.29) is 11.3 Å². The number of hydrogen-bond donors (Lipinski definition) is 0. The number of benzene rings is 4. The number of esters is 2. The Morgan fingerprint density at radius 2 is 1.34 bits per heavy atom. The molecule has 0 saturated carbocycles. The molecule has 5 heteroatoms. The minimum atomic E-state index is -0.611. The van der Waals surface area contributed by atoms with Crippen molar-refractivity contribution in [2.24, 2.45) is 0 Å². The molecule has 4 aromatic rings. The van der Waals surface area contributed by atoms with Gasteiger partial charge < -0.3 is 9.47 Å². The molecule has 0 spiro atoms. The van der Waals surface area contributed by atoms with Gasteiger partial charge in [0.2, 0.25) is 0 Å². The second-order valence-electron chi connectivity index (χ2n) is 6.29. The number of para-hydroxylation sites is 1. The molecule has 142 valence electrons. The van der Waals surface area contributed by atoms with Crippen molar-refractivity contribution < 1.29 is 19.1 Å². The highest BCUT2D eigenvalue weighted by molar-refractivity contribution is 6.30. The summed E-state index contributed by atoms with van der Waals surface area (Å²) in [5.74, 6) is -0.668. The fourth-order valence-corrected chi connectivity index (χ4v) is 2.99. The molecule has 0 aliphatic heterocycles. The van der Waals surface area contributed by atoms with Crippen molar-refractivity contribution >= 4 is 34.3 Å². The summed E-state index contributed by atoms with van der Waals surface area (Å²) in [7, 11) is 0. The zero-order chi connectivity index (χ0) is 20.2. The van der Waals surface area contributed by atoms with Crippen LogP contribution in [0.5, 0.6) is 11.5 Å². The van der Waals surface area contributed by atoms with Gasteiger partial charge in [-0.3, -0.25) is 0 Å². The average Bonchev–Trinajstić information content (AvgIpc) is 2.74. The molecule has 0 atom stereocenters. The van der Waals surface area contributed by atoms with E-state index in [1.165, 1.54) is 0 Å². The molecule has 0 heterocycles. The molecular weight excluding hydrogens is 388 g/mol. The number of fused-ring (bicyclic) bond motifs is 1. The quantitative estimate of drug-likeness (QED) is 0.313. The van der Waals surface area contributed by atoms with Crippen LogP contribution in [0.3, 0.4) is 0 Å². The maximum atomic E-state index is 12.7. The van der Waals surface area contributed by atoms with Crippen LogP contribution in [-0.4, -0.2) is 11.9 Å². The van der Waals surface area contributed by atoms with E-state index in [4.69, 9.17) is 21.1 Å². The van der Waals surface area contributed by atoms with E-state index in [0.717, 1.165) is 10.8 Å². The number of rotatable bonds is 4. The second-order valence-corrected chi connectivity index (χ2v) is 6.73. The highest BCUT2D eigenvalue weighted by atomic mass is 35.5. The largest absolute Gasteiger partial charge is 0.423 e. The Kier molecular flexibility index (Phi) is 5.27. The molecule has 0 unspecified atom stereocenters. The Balaban J connectivity index is 1.55. The first kappa shape index (κ1) is 18.7. The number of hydrogen-bond acceptors (Lipinski definition) is 4. The standard InChI is InChI=1S/C24H15ClO4/c25-19-12-9-17(10-13-19)23(26)29-22-8-4-3-7-21(22)24(27)28-20-14-11-16-5-1-2-6-18(16)15-20/h1-15H. The predicted molar refractivity (Wildman–Crippen MR) is 112 cm³/mol. The van der Waals surface area contributed by atoms with E-state index in [2.05, 4.69) is 0 Å². The summed E-state index contributed by atoms with van der Waals surface area (Å²) < 4.78 is 10.9.